The summed E-state index contributed by atoms with van der Waals surface area (Å²) in [7, 11) is 0. The van der Waals surface area contributed by atoms with Crippen molar-refractivity contribution in [3.05, 3.63) is 28.9 Å². The zero-order valence-electron chi connectivity index (χ0n) is 9.90. The van der Waals surface area contributed by atoms with Gasteiger partial charge in [0.2, 0.25) is 0 Å². The number of benzene rings is 1. The van der Waals surface area contributed by atoms with E-state index >= 15 is 0 Å². The van der Waals surface area contributed by atoms with Crippen molar-refractivity contribution in [1.82, 2.24) is 4.98 Å². The van der Waals surface area contributed by atoms with E-state index in [0.29, 0.717) is 5.69 Å². The first-order valence-corrected chi connectivity index (χ1v) is 6.41. The summed E-state index contributed by atoms with van der Waals surface area (Å²) in [4.78, 5) is 4.29. The van der Waals surface area contributed by atoms with E-state index in [-0.39, 0.29) is 6.10 Å². The van der Waals surface area contributed by atoms with Gasteiger partial charge < -0.3 is 10.5 Å². The predicted octanol–water partition coefficient (Wildman–Crippen LogP) is 3.76. The summed E-state index contributed by atoms with van der Waals surface area (Å²) >= 11 is 3.45. The van der Waals surface area contributed by atoms with E-state index in [0.717, 1.165) is 27.5 Å². The molecule has 2 N–H and O–H groups in total. The monoisotopic (exact) mass is 294 g/mol. The second-order valence-electron chi connectivity index (χ2n) is 4.04. The molecule has 4 heteroatoms. The summed E-state index contributed by atoms with van der Waals surface area (Å²) in [5, 5.41) is 0.944. The van der Waals surface area contributed by atoms with Gasteiger partial charge in [0, 0.05) is 9.86 Å². The fourth-order valence-corrected chi connectivity index (χ4v) is 1.93. The Morgan fingerprint density at radius 1 is 1.47 bits per heavy atom. The van der Waals surface area contributed by atoms with Gasteiger partial charge >= 0.3 is 0 Å². The van der Waals surface area contributed by atoms with Gasteiger partial charge in [-0.25, -0.2) is 0 Å². The molecule has 1 aromatic heterocycles. The molecular weight excluding hydrogens is 280 g/mol. The molecule has 0 aliphatic carbocycles. The molecule has 0 bridgehead atoms. The van der Waals surface area contributed by atoms with Crippen LogP contribution in [-0.2, 0) is 0 Å². The Morgan fingerprint density at radius 3 is 2.94 bits per heavy atom. The van der Waals surface area contributed by atoms with Crippen molar-refractivity contribution in [2.75, 3.05) is 5.73 Å². The minimum Gasteiger partial charge on any atom is -0.488 e. The molecule has 90 valence electrons. The van der Waals surface area contributed by atoms with Gasteiger partial charge in [0.15, 0.2) is 5.75 Å². The van der Waals surface area contributed by atoms with E-state index in [1.165, 1.54) is 0 Å². The van der Waals surface area contributed by atoms with Crippen molar-refractivity contribution in [3.63, 3.8) is 0 Å². The molecule has 17 heavy (non-hydrogen) atoms. The molecule has 0 amide bonds. The van der Waals surface area contributed by atoms with E-state index < -0.39 is 0 Å². The van der Waals surface area contributed by atoms with Crippen molar-refractivity contribution in [2.24, 2.45) is 0 Å². The van der Waals surface area contributed by atoms with Crippen molar-refractivity contribution in [3.8, 4) is 5.75 Å². The molecule has 1 atom stereocenters. The second kappa shape index (κ2) is 4.92. The van der Waals surface area contributed by atoms with Crippen LogP contribution in [0.1, 0.15) is 20.3 Å². The molecule has 1 heterocycles. The Kier molecular flexibility index (Phi) is 3.52. The fraction of sp³-hybridized carbons (Fsp3) is 0.308. The van der Waals surface area contributed by atoms with Crippen LogP contribution in [0, 0.1) is 0 Å². The van der Waals surface area contributed by atoms with Crippen LogP contribution in [0.5, 0.6) is 5.75 Å². The Morgan fingerprint density at radius 2 is 2.24 bits per heavy atom. The van der Waals surface area contributed by atoms with Crippen LogP contribution in [0.15, 0.2) is 28.9 Å². The third-order valence-electron chi connectivity index (χ3n) is 2.70. The maximum Gasteiger partial charge on any atom is 0.153 e. The summed E-state index contributed by atoms with van der Waals surface area (Å²) in [6.07, 6.45) is 2.73. The first kappa shape index (κ1) is 12.2. The van der Waals surface area contributed by atoms with Gasteiger partial charge in [0.1, 0.15) is 0 Å². The smallest absolute Gasteiger partial charge is 0.153 e. The van der Waals surface area contributed by atoms with Gasteiger partial charge in [-0.3, -0.25) is 4.98 Å². The van der Waals surface area contributed by atoms with Gasteiger partial charge in [-0.05, 0) is 31.5 Å². The summed E-state index contributed by atoms with van der Waals surface area (Å²) in [6, 6.07) is 5.89. The quantitative estimate of drug-likeness (QED) is 0.938. The molecule has 0 fully saturated rings. The van der Waals surface area contributed by atoms with Gasteiger partial charge in [-0.15, -0.1) is 0 Å². The summed E-state index contributed by atoms with van der Waals surface area (Å²) in [5.41, 5.74) is 7.41. The Labute approximate surface area is 109 Å². The van der Waals surface area contributed by atoms with Crippen LogP contribution >= 0.6 is 15.9 Å². The highest BCUT2D eigenvalue weighted by Crippen LogP contribution is 2.33. The number of rotatable bonds is 3. The van der Waals surface area contributed by atoms with Crippen LogP contribution in [0.3, 0.4) is 0 Å². The molecule has 2 rings (SSSR count). The van der Waals surface area contributed by atoms with E-state index in [1.807, 2.05) is 25.1 Å². The third-order valence-corrected chi connectivity index (χ3v) is 3.20. The van der Waals surface area contributed by atoms with E-state index in [2.05, 4.69) is 27.8 Å². The number of nitrogens with two attached hydrogens (primary N) is 1. The van der Waals surface area contributed by atoms with Gasteiger partial charge in [0.25, 0.3) is 0 Å². The number of hydrogen-bond acceptors (Lipinski definition) is 3. The standard InChI is InChI=1S/C13H15BrN2O/c1-3-8(2)17-13-10-6-9(14)4-5-12(10)16-7-11(13)15/h4-8H,3,15H2,1-2H3. The van der Waals surface area contributed by atoms with Crippen molar-refractivity contribution < 1.29 is 4.74 Å². The second-order valence-corrected chi connectivity index (χ2v) is 4.96. The maximum absolute atomic E-state index is 5.94. The molecule has 0 aliphatic heterocycles. The van der Waals surface area contributed by atoms with E-state index in [9.17, 15) is 0 Å². The normalized spacial score (nSPS) is 12.6. The lowest BCUT2D eigenvalue weighted by atomic mass is 10.2. The molecule has 0 saturated carbocycles. The zero-order chi connectivity index (χ0) is 12.4. The molecule has 0 aliphatic rings. The number of nitrogen functional groups attached to an aromatic ring is 1. The maximum atomic E-state index is 5.94. The highest BCUT2D eigenvalue weighted by molar-refractivity contribution is 9.10. The highest BCUT2D eigenvalue weighted by atomic mass is 79.9. The predicted molar refractivity (Wildman–Crippen MR) is 74.2 cm³/mol. The largest absolute Gasteiger partial charge is 0.488 e. The molecule has 0 radical (unpaired) electrons. The number of pyridine rings is 1. The van der Waals surface area contributed by atoms with Gasteiger partial charge in [-0.1, -0.05) is 22.9 Å². The SMILES string of the molecule is CCC(C)Oc1c(N)cnc2ccc(Br)cc12. The first-order valence-electron chi connectivity index (χ1n) is 5.62. The molecule has 1 unspecified atom stereocenters. The highest BCUT2D eigenvalue weighted by Gasteiger charge is 2.11. The average Bonchev–Trinajstić information content (AvgIpc) is 2.32. The van der Waals surface area contributed by atoms with Crippen LogP contribution < -0.4 is 10.5 Å². The molecule has 3 nitrogen and oxygen atoms in total. The lowest BCUT2D eigenvalue weighted by Crippen LogP contribution is -2.11. The fourth-order valence-electron chi connectivity index (χ4n) is 1.57. The van der Waals surface area contributed by atoms with Crippen LogP contribution in [-0.4, -0.2) is 11.1 Å². The first-order chi connectivity index (χ1) is 8.11. The number of hydrogen-bond donors (Lipinski definition) is 1. The van der Waals surface area contributed by atoms with Crippen LogP contribution in [0.25, 0.3) is 10.9 Å². The molecule has 0 saturated heterocycles. The summed E-state index contributed by atoms with van der Waals surface area (Å²) < 4.78 is 6.87. The average molecular weight is 295 g/mol. The topological polar surface area (TPSA) is 48.1 Å². The number of fused-ring (bicyclic) bond motifs is 1. The number of anilines is 1. The number of aromatic nitrogens is 1. The van der Waals surface area contributed by atoms with Crippen molar-refractivity contribution in [2.45, 2.75) is 26.4 Å². The van der Waals surface area contributed by atoms with Gasteiger partial charge in [0.05, 0.1) is 23.5 Å². The van der Waals surface area contributed by atoms with E-state index in [1.54, 1.807) is 6.20 Å². The van der Waals surface area contributed by atoms with Crippen LogP contribution in [0.2, 0.25) is 0 Å². The van der Waals surface area contributed by atoms with Gasteiger partial charge in [-0.2, -0.15) is 0 Å². The summed E-state index contributed by atoms with van der Waals surface area (Å²) in [5.74, 6) is 0.727. The Bertz CT molecular complexity index is 537. The van der Waals surface area contributed by atoms with Crippen molar-refractivity contribution in [1.29, 1.82) is 0 Å². The third kappa shape index (κ3) is 2.52. The number of nitrogens with zero attached hydrogens (tertiary/aromatic N) is 1. The molecule has 0 spiro atoms. The summed E-state index contributed by atoms with van der Waals surface area (Å²) in [6.45, 7) is 4.11. The van der Waals surface area contributed by atoms with E-state index in [4.69, 9.17) is 10.5 Å². The minimum absolute atomic E-state index is 0.141. The molecular formula is C13H15BrN2O. The molecule has 2 aromatic rings. The molecule has 1 aromatic carbocycles. The number of halogens is 1. The Balaban J connectivity index is 2.57. The number of ether oxygens (including phenoxy) is 1. The minimum atomic E-state index is 0.141. The van der Waals surface area contributed by atoms with Crippen LogP contribution in [0.4, 0.5) is 5.69 Å². The lowest BCUT2D eigenvalue weighted by Gasteiger charge is -2.16. The lowest BCUT2D eigenvalue weighted by molar-refractivity contribution is 0.221. The zero-order valence-corrected chi connectivity index (χ0v) is 11.5. The Hall–Kier alpha value is -1.29. The van der Waals surface area contributed by atoms with Crippen molar-refractivity contribution >= 4 is 32.5 Å².